The van der Waals surface area contributed by atoms with Crippen LogP contribution >= 0.6 is 0 Å². The van der Waals surface area contributed by atoms with E-state index in [1.54, 1.807) is 16.8 Å². The largest absolute Gasteiger partial charge is 0.331 e. The molecular weight excluding hydrogens is 328 g/mol. The number of fused-ring (bicyclic) bond motifs is 1. The number of hydrogen-bond acceptors (Lipinski definition) is 3. The fourth-order valence-electron chi connectivity index (χ4n) is 3.80. The molecule has 0 saturated heterocycles. The first kappa shape index (κ1) is 16.6. The first-order valence-corrected chi connectivity index (χ1v) is 9.14. The van der Waals surface area contributed by atoms with Crippen molar-refractivity contribution in [3.05, 3.63) is 59.1 Å². The summed E-state index contributed by atoms with van der Waals surface area (Å²) in [5.41, 5.74) is 1.97. The van der Waals surface area contributed by atoms with Gasteiger partial charge in [-0.15, -0.1) is 0 Å². The van der Waals surface area contributed by atoms with Crippen LogP contribution in [0.25, 0.3) is 11.2 Å². The number of benzene rings is 1. The Morgan fingerprint density at radius 3 is 2.62 bits per heavy atom. The lowest BCUT2D eigenvalue weighted by atomic mass is 9.95. The fraction of sp³-hybridized carbons (Fsp3) is 0.350. The molecule has 1 aliphatic carbocycles. The van der Waals surface area contributed by atoms with Gasteiger partial charge in [-0.1, -0.05) is 37.5 Å². The summed E-state index contributed by atoms with van der Waals surface area (Å²) < 4.78 is 3.33. The number of rotatable bonds is 4. The highest BCUT2D eigenvalue weighted by molar-refractivity contribution is 5.91. The number of imidazole rings is 1. The van der Waals surface area contributed by atoms with E-state index in [1.165, 1.54) is 11.0 Å². The molecule has 1 aliphatic rings. The standard InChI is InChI=1S/C20H22N4O2/c25-18(22-15-8-3-1-4-9-15)14-23-17-12-7-13-21-19(17)24(20(23)26)16-10-5-2-6-11-16/h1,3-4,7-9,12-13,16H,2,5-6,10-11,14H2,(H,22,25). The van der Waals surface area contributed by atoms with E-state index in [-0.39, 0.29) is 24.2 Å². The molecule has 1 aromatic carbocycles. The average Bonchev–Trinajstić information content (AvgIpc) is 2.95. The van der Waals surface area contributed by atoms with E-state index in [2.05, 4.69) is 10.3 Å². The van der Waals surface area contributed by atoms with Gasteiger partial charge >= 0.3 is 5.69 Å². The van der Waals surface area contributed by atoms with Gasteiger partial charge in [0.15, 0.2) is 5.65 Å². The van der Waals surface area contributed by atoms with Crippen molar-refractivity contribution in [2.75, 3.05) is 5.32 Å². The molecule has 26 heavy (non-hydrogen) atoms. The van der Waals surface area contributed by atoms with E-state index in [0.29, 0.717) is 11.2 Å². The second-order valence-electron chi connectivity index (χ2n) is 6.79. The Labute approximate surface area is 151 Å². The molecule has 4 rings (SSSR count). The van der Waals surface area contributed by atoms with E-state index < -0.39 is 0 Å². The van der Waals surface area contributed by atoms with E-state index in [4.69, 9.17) is 0 Å². The third-order valence-electron chi connectivity index (χ3n) is 5.02. The smallest absolute Gasteiger partial charge is 0.325 e. The Bertz CT molecular complexity index is 968. The number of aromatic nitrogens is 3. The van der Waals surface area contributed by atoms with Gasteiger partial charge < -0.3 is 5.32 Å². The quantitative estimate of drug-likeness (QED) is 0.784. The number of nitrogens with one attached hydrogen (secondary N) is 1. The molecule has 0 aliphatic heterocycles. The molecule has 0 unspecified atom stereocenters. The van der Waals surface area contributed by atoms with Crippen LogP contribution in [0.15, 0.2) is 53.5 Å². The van der Waals surface area contributed by atoms with Crippen LogP contribution in [0.1, 0.15) is 38.1 Å². The van der Waals surface area contributed by atoms with Gasteiger partial charge in [-0.05, 0) is 37.1 Å². The number of pyridine rings is 1. The first-order chi connectivity index (χ1) is 12.7. The molecule has 0 radical (unpaired) electrons. The summed E-state index contributed by atoms with van der Waals surface area (Å²) in [7, 11) is 0. The van der Waals surface area contributed by atoms with Gasteiger partial charge in [0.2, 0.25) is 5.91 Å². The second-order valence-corrected chi connectivity index (χ2v) is 6.79. The Balaban J connectivity index is 1.67. The highest BCUT2D eigenvalue weighted by Crippen LogP contribution is 2.29. The third kappa shape index (κ3) is 3.14. The SMILES string of the molecule is O=C(Cn1c(=O)n(C2CCCCC2)c2ncccc21)Nc1ccccc1. The van der Waals surface area contributed by atoms with Crippen LogP contribution in [0.3, 0.4) is 0 Å². The fourth-order valence-corrected chi connectivity index (χ4v) is 3.80. The predicted molar refractivity (Wildman–Crippen MR) is 101 cm³/mol. The maximum atomic E-state index is 13.1. The summed E-state index contributed by atoms with van der Waals surface area (Å²) in [5.74, 6) is -0.218. The lowest BCUT2D eigenvalue weighted by Crippen LogP contribution is -2.31. The zero-order chi connectivity index (χ0) is 17.9. The van der Waals surface area contributed by atoms with Crippen LogP contribution in [-0.2, 0) is 11.3 Å². The summed E-state index contributed by atoms with van der Waals surface area (Å²) >= 11 is 0. The van der Waals surface area contributed by atoms with E-state index in [0.717, 1.165) is 31.4 Å². The van der Waals surface area contributed by atoms with Gasteiger partial charge in [0.05, 0.1) is 5.52 Å². The van der Waals surface area contributed by atoms with Crippen molar-refractivity contribution < 1.29 is 4.79 Å². The number of anilines is 1. The number of carbonyl (C=O) groups excluding carboxylic acids is 1. The van der Waals surface area contributed by atoms with Crippen LogP contribution in [0.5, 0.6) is 0 Å². The molecule has 2 aromatic heterocycles. The summed E-state index contributed by atoms with van der Waals surface area (Å²) in [6.45, 7) is -0.0182. The van der Waals surface area contributed by atoms with Crippen LogP contribution in [0.4, 0.5) is 5.69 Å². The van der Waals surface area contributed by atoms with Gasteiger partial charge in [0.25, 0.3) is 0 Å². The highest BCUT2D eigenvalue weighted by atomic mass is 16.2. The maximum absolute atomic E-state index is 13.1. The highest BCUT2D eigenvalue weighted by Gasteiger charge is 2.23. The van der Waals surface area contributed by atoms with E-state index >= 15 is 0 Å². The number of carbonyl (C=O) groups is 1. The van der Waals surface area contributed by atoms with Gasteiger partial charge in [0, 0.05) is 17.9 Å². The summed E-state index contributed by atoms with van der Waals surface area (Å²) in [5, 5.41) is 2.84. The minimum atomic E-state index is -0.218. The van der Waals surface area contributed by atoms with Crippen LogP contribution in [0, 0.1) is 0 Å². The molecule has 2 heterocycles. The molecule has 0 atom stereocenters. The lowest BCUT2D eigenvalue weighted by molar-refractivity contribution is -0.116. The summed E-state index contributed by atoms with van der Waals surface area (Å²) in [6, 6.07) is 13.1. The number of para-hydroxylation sites is 1. The molecule has 6 nitrogen and oxygen atoms in total. The number of nitrogens with zero attached hydrogens (tertiary/aromatic N) is 3. The molecule has 1 amide bonds. The molecule has 134 valence electrons. The summed E-state index contributed by atoms with van der Waals surface area (Å²) in [6.07, 6.45) is 7.17. The first-order valence-electron chi connectivity index (χ1n) is 9.14. The molecule has 6 heteroatoms. The molecule has 1 fully saturated rings. The van der Waals surface area contributed by atoms with E-state index in [9.17, 15) is 9.59 Å². The molecule has 1 N–H and O–H groups in total. The number of amides is 1. The molecule has 0 spiro atoms. The zero-order valence-electron chi connectivity index (χ0n) is 14.6. The summed E-state index contributed by atoms with van der Waals surface area (Å²) in [4.78, 5) is 30.0. The second kappa shape index (κ2) is 7.15. The van der Waals surface area contributed by atoms with Crippen molar-refractivity contribution in [2.45, 2.75) is 44.7 Å². The van der Waals surface area contributed by atoms with Gasteiger partial charge in [-0.2, -0.15) is 0 Å². The average molecular weight is 350 g/mol. The number of hydrogen-bond donors (Lipinski definition) is 1. The lowest BCUT2D eigenvalue weighted by Gasteiger charge is -2.22. The van der Waals surface area contributed by atoms with Crippen molar-refractivity contribution in [1.82, 2.24) is 14.1 Å². The van der Waals surface area contributed by atoms with Gasteiger partial charge in [-0.3, -0.25) is 13.9 Å². The Morgan fingerprint density at radius 1 is 1.08 bits per heavy atom. The minimum Gasteiger partial charge on any atom is -0.325 e. The minimum absolute atomic E-state index is 0.0182. The van der Waals surface area contributed by atoms with Crippen LogP contribution in [0.2, 0.25) is 0 Å². The van der Waals surface area contributed by atoms with Crippen molar-refractivity contribution in [1.29, 1.82) is 0 Å². The monoisotopic (exact) mass is 350 g/mol. The van der Waals surface area contributed by atoms with E-state index in [1.807, 2.05) is 36.4 Å². The van der Waals surface area contributed by atoms with Crippen molar-refractivity contribution in [2.24, 2.45) is 0 Å². The maximum Gasteiger partial charge on any atom is 0.331 e. The predicted octanol–water partition coefficient (Wildman–Crippen LogP) is 3.34. The topological polar surface area (TPSA) is 68.9 Å². The van der Waals surface area contributed by atoms with Gasteiger partial charge in [0.1, 0.15) is 6.54 Å². The molecule has 0 bridgehead atoms. The Kier molecular flexibility index (Phi) is 4.56. The van der Waals surface area contributed by atoms with Crippen molar-refractivity contribution in [3.8, 4) is 0 Å². The zero-order valence-corrected chi connectivity index (χ0v) is 14.6. The van der Waals surface area contributed by atoms with Crippen LogP contribution < -0.4 is 11.0 Å². The molecule has 3 aromatic rings. The van der Waals surface area contributed by atoms with Gasteiger partial charge in [-0.25, -0.2) is 9.78 Å². The van der Waals surface area contributed by atoms with Crippen molar-refractivity contribution >= 4 is 22.8 Å². The Morgan fingerprint density at radius 2 is 1.85 bits per heavy atom. The third-order valence-corrected chi connectivity index (χ3v) is 5.02. The van der Waals surface area contributed by atoms with Crippen molar-refractivity contribution in [3.63, 3.8) is 0 Å². The Hall–Kier alpha value is -2.89. The normalized spacial score (nSPS) is 15.2. The molecule has 1 saturated carbocycles. The van der Waals surface area contributed by atoms with Crippen LogP contribution in [-0.4, -0.2) is 20.0 Å². The molecular formula is C20H22N4O2.